The second kappa shape index (κ2) is 7.15. The van der Waals surface area contributed by atoms with Gasteiger partial charge in [0.2, 0.25) is 0 Å². The molecular formula is C15H20N2O. The van der Waals surface area contributed by atoms with Gasteiger partial charge in [-0.3, -0.25) is 0 Å². The van der Waals surface area contributed by atoms with E-state index in [0.717, 1.165) is 18.9 Å². The number of nitrogens with zero attached hydrogens (tertiary/aromatic N) is 1. The molecule has 1 atom stereocenters. The number of hydrogen-bond acceptors (Lipinski definition) is 3. The third-order valence-electron chi connectivity index (χ3n) is 3.32. The summed E-state index contributed by atoms with van der Waals surface area (Å²) in [7, 11) is 0. The molecule has 1 unspecified atom stereocenters. The van der Waals surface area contributed by atoms with Crippen LogP contribution in [0.3, 0.4) is 0 Å². The van der Waals surface area contributed by atoms with E-state index in [0.29, 0.717) is 19.2 Å². The van der Waals surface area contributed by atoms with Crippen molar-refractivity contribution >= 4 is 0 Å². The SMILES string of the molecule is N#CCNC(CCOCc1ccccc1)C1CC1. The van der Waals surface area contributed by atoms with Gasteiger partial charge in [-0.05, 0) is 30.7 Å². The average molecular weight is 244 g/mol. The van der Waals surface area contributed by atoms with E-state index in [2.05, 4.69) is 23.5 Å². The Bertz CT molecular complexity index is 381. The van der Waals surface area contributed by atoms with E-state index in [1.54, 1.807) is 0 Å². The maximum absolute atomic E-state index is 8.59. The fourth-order valence-electron chi connectivity index (χ4n) is 2.15. The highest BCUT2D eigenvalue weighted by Gasteiger charge is 2.30. The van der Waals surface area contributed by atoms with Crippen LogP contribution >= 0.6 is 0 Å². The number of nitrogens with one attached hydrogen (secondary N) is 1. The zero-order valence-electron chi connectivity index (χ0n) is 10.6. The maximum atomic E-state index is 8.59. The molecule has 0 amide bonds. The molecule has 0 bridgehead atoms. The molecule has 3 heteroatoms. The molecule has 18 heavy (non-hydrogen) atoms. The van der Waals surface area contributed by atoms with Gasteiger partial charge in [0.15, 0.2) is 0 Å². The van der Waals surface area contributed by atoms with Crippen molar-refractivity contribution in [1.29, 1.82) is 5.26 Å². The number of hydrogen-bond donors (Lipinski definition) is 1. The predicted molar refractivity (Wildman–Crippen MR) is 70.8 cm³/mol. The van der Waals surface area contributed by atoms with Crippen molar-refractivity contribution in [3.05, 3.63) is 35.9 Å². The molecule has 0 radical (unpaired) electrons. The van der Waals surface area contributed by atoms with E-state index >= 15 is 0 Å². The first-order valence-corrected chi connectivity index (χ1v) is 6.62. The van der Waals surface area contributed by atoms with Crippen LogP contribution in [0.2, 0.25) is 0 Å². The summed E-state index contributed by atoms with van der Waals surface area (Å²) in [5, 5.41) is 11.9. The zero-order chi connectivity index (χ0) is 12.6. The quantitative estimate of drug-likeness (QED) is 0.564. The molecule has 0 aliphatic heterocycles. The summed E-state index contributed by atoms with van der Waals surface area (Å²) in [6.07, 6.45) is 3.59. The van der Waals surface area contributed by atoms with Crippen molar-refractivity contribution in [3.63, 3.8) is 0 Å². The third-order valence-corrected chi connectivity index (χ3v) is 3.32. The van der Waals surface area contributed by atoms with Crippen LogP contribution in [0.1, 0.15) is 24.8 Å². The highest BCUT2D eigenvalue weighted by molar-refractivity contribution is 5.13. The van der Waals surface area contributed by atoms with E-state index in [1.165, 1.54) is 18.4 Å². The summed E-state index contributed by atoms with van der Waals surface area (Å²) < 4.78 is 5.69. The summed E-state index contributed by atoms with van der Waals surface area (Å²) >= 11 is 0. The number of benzene rings is 1. The molecule has 2 rings (SSSR count). The second-order valence-corrected chi connectivity index (χ2v) is 4.81. The molecule has 0 spiro atoms. The first-order valence-electron chi connectivity index (χ1n) is 6.62. The number of ether oxygens (including phenoxy) is 1. The van der Waals surface area contributed by atoms with Crippen molar-refractivity contribution in [2.75, 3.05) is 13.2 Å². The molecule has 0 aromatic heterocycles. The van der Waals surface area contributed by atoms with Crippen LogP contribution in [0.25, 0.3) is 0 Å². The Morgan fingerprint density at radius 2 is 2.11 bits per heavy atom. The Kier molecular flexibility index (Phi) is 5.19. The van der Waals surface area contributed by atoms with Gasteiger partial charge in [0.1, 0.15) is 0 Å². The first-order chi connectivity index (χ1) is 8.90. The Labute approximate surface area is 109 Å². The second-order valence-electron chi connectivity index (χ2n) is 4.81. The lowest BCUT2D eigenvalue weighted by molar-refractivity contribution is 0.109. The third kappa shape index (κ3) is 4.48. The lowest BCUT2D eigenvalue weighted by Crippen LogP contribution is -2.32. The zero-order valence-corrected chi connectivity index (χ0v) is 10.6. The summed E-state index contributed by atoms with van der Waals surface area (Å²) in [4.78, 5) is 0. The van der Waals surface area contributed by atoms with Gasteiger partial charge >= 0.3 is 0 Å². The average Bonchev–Trinajstić information content (AvgIpc) is 3.23. The van der Waals surface area contributed by atoms with E-state index in [1.807, 2.05) is 18.2 Å². The van der Waals surface area contributed by atoms with Gasteiger partial charge in [-0.25, -0.2) is 0 Å². The molecule has 1 fully saturated rings. The summed E-state index contributed by atoms with van der Waals surface area (Å²) in [5.41, 5.74) is 1.21. The van der Waals surface area contributed by atoms with Crippen LogP contribution < -0.4 is 5.32 Å². The van der Waals surface area contributed by atoms with Crippen molar-refractivity contribution in [2.45, 2.75) is 31.9 Å². The monoisotopic (exact) mass is 244 g/mol. The van der Waals surface area contributed by atoms with Crippen LogP contribution in [0.5, 0.6) is 0 Å². The highest BCUT2D eigenvalue weighted by atomic mass is 16.5. The highest BCUT2D eigenvalue weighted by Crippen LogP contribution is 2.33. The normalized spacial score (nSPS) is 16.2. The molecule has 1 saturated carbocycles. The molecule has 1 aliphatic rings. The molecule has 96 valence electrons. The Hall–Kier alpha value is -1.37. The predicted octanol–water partition coefficient (Wildman–Crippen LogP) is 2.49. The van der Waals surface area contributed by atoms with Gasteiger partial charge in [0, 0.05) is 12.6 Å². The lowest BCUT2D eigenvalue weighted by Gasteiger charge is -2.16. The van der Waals surface area contributed by atoms with Crippen LogP contribution in [0.4, 0.5) is 0 Å². The Morgan fingerprint density at radius 1 is 1.33 bits per heavy atom. The number of rotatable bonds is 8. The molecule has 0 heterocycles. The fraction of sp³-hybridized carbons (Fsp3) is 0.533. The Balaban J connectivity index is 1.63. The topological polar surface area (TPSA) is 45.0 Å². The Morgan fingerprint density at radius 3 is 2.78 bits per heavy atom. The van der Waals surface area contributed by atoms with Crippen molar-refractivity contribution in [1.82, 2.24) is 5.32 Å². The molecular weight excluding hydrogens is 224 g/mol. The van der Waals surface area contributed by atoms with Gasteiger partial charge in [-0.1, -0.05) is 30.3 Å². The minimum Gasteiger partial charge on any atom is -0.377 e. The standard InChI is InChI=1S/C15H20N2O/c16-9-10-17-15(14-6-7-14)8-11-18-12-13-4-2-1-3-5-13/h1-5,14-15,17H,6-8,10-12H2. The largest absolute Gasteiger partial charge is 0.377 e. The first kappa shape index (κ1) is 13.1. The van der Waals surface area contributed by atoms with Crippen LogP contribution in [0, 0.1) is 17.2 Å². The molecule has 0 saturated heterocycles. The lowest BCUT2D eigenvalue weighted by atomic mass is 10.1. The fourth-order valence-corrected chi connectivity index (χ4v) is 2.15. The molecule has 1 aromatic rings. The minimum absolute atomic E-state index is 0.444. The van der Waals surface area contributed by atoms with Gasteiger partial charge in [0.25, 0.3) is 0 Å². The smallest absolute Gasteiger partial charge is 0.0843 e. The van der Waals surface area contributed by atoms with E-state index in [-0.39, 0.29) is 0 Å². The van der Waals surface area contributed by atoms with Gasteiger partial charge in [-0.15, -0.1) is 0 Å². The molecule has 1 aliphatic carbocycles. The summed E-state index contributed by atoms with van der Waals surface area (Å²) in [5.74, 6) is 0.763. The summed E-state index contributed by atoms with van der Waals surface area (Å²) in [6, 6.07) is 12.8. The van der Waals surface area contributed by atoms with Crippen LogP contribution in [-0.4, -0.2) is 19.2 Å². The van der Waals surface area contributed by atoms with Crippen molar-refractivity contribution in [3.8, 4) is 6.07 Å². The maximum Gasteiger partial charge on any atom is 0.0843 e. The van der Waals surface area contributed by atoms with Crippen LogP contribution in [0.15, 0.2) is 30.3 Å². The van der Waals surface area contributed by atoms with Gasteiger partial charge in [0.05, 0.1) is 19.2 Å². The van der Waals surface area contributed by atoms with Gasteiger partial charge in [-0.2, -0.15) is 5.26 Å². The van der Waals surface area contributed by atoms with Crippen LogP contribution in [-0.2, 0) is 11.3 Å². The molecule has 1 N–H and O–H groups in total. The van der Waals surface area contributed by atoms with Crippen molar-refractivity contribution in [2.24, 2.45) is 5.92 Å². The van der Waals surface area contributed by atoms with E-state index in [4.69, 9.17) is 10.00 Å². The molecule has 3 nitrogen and oxygen atoms in total. The van der Waals surface area contributed by atoms with E-state index in [9.17, 15) is 0 Å². The van der Waals surface area contributed by atoms with Gasteiger partial charge < -0.3 is 10.1 Å². The van der Waals surface area contributed by atoms with Crippen molar-refractivity contribution < 1.29 is 4.74 Å². The molecule has 1 aromatic carbocycles. The minimum atomic E-state index is 0.444. The number of nitriles is 1. The summed E-state index contributed by atoms with van der Waals surface area (Å²) in [6.45, 7) is 1.88. The van der Waals surface area contributed by atoms with E-state index < -0.39 is 0 Å².